The van der Waals surface area contributed by atoms with E-state index in [-0.39, 0.29) is 12.7 Å². The number of alkyl halides is 1. The summed E-state index contributed by atoms with van der Waals surface area (Å²) >= 11 is 0. The molecule has 2 nitrogen and oxygen atoms in total. The fourth-order valence-corrected chi connectivity index (χ4v) is 1.67. The fourth-order valence-electron chi connectivity index (χ4n) is 1.67. The highest BCUT2D eigenvalue weighted by atomic mass is 19.1. The summed E-state index contributed by atoms with van der Waals surface area (Å²) in [6, 6.07) is 7.70. The lowest BCUT2D eigenvalue weighted by Gasteiger charge is -2.07. The van der Waals surface area contributed by atoms with Crippen molar-refractivity contribution in [3.63, 3.8) is 0 Å². The average Bonchev–Trinajstić information content (AvgIpc) is 2.61. The summed E-state index contributed by atoms with van der Waals surface area (Å²) in [7, 11) is 0. The second-order valence-corrected chi connectivity index (χ2v) is 3.37. The van der Waals surface area contributed by atoms with Crippen LogP contribution in [0.25, 0.3) is 10.9 Å². The number of aromatic nitrogens is 1. The van der Waals surface area contributed by atoms with Crippen molar-refractivity contribution in [2.24, 2.45) is 5.73 Å². The SMILES string of the molecule is N[C@@H](CCF)c1c[nH]c2ccccc12. The molecule has 0 aliphatic rings. The molecule has 3 heteroatoms. The van der Waals surface area contributed by atoms with Crippen LogP contribution in [0.1, 0.15) is 18.0 Å². The van der Waals surface area contributed by atoms with E-state index in [4.69, 9.17) is 5.73 Å². The van der Waals surface area contributed by atoms with Crippen LogP contribution >= 0.6 is 0 Å². The van der Waals surface area contributed by atoms with E-state index in [1.54, 1.807) is 0 Å². The highest BCUT2D eigenvalue weighted by Gasteiger charge is 2.10. The minimum Gasteiger partial charge on any atom is -0.361 e. The molecular weight excluding hydrogens is 179 g/mol. The normalized spacial score (nSPS) is 13.3. The second-order valence-electron chi connectivity index (χ2n) is 3.37. The van der Waals surface area contributed by atoms with Gasteiger partial charge >= 0.3 is 0 Å². The summed E-state index contributed by atoms with van der Waals surface area (Å²) in [5.41, 5.74) is 7.91. The molecule has 74 valence electrons. The molecule has 0 aliphatic heterocycles. The Kier molecular flexibility index (Phi) is 2.50. The van der Waals surface area contributed by atoms with E-state index in [0.717, 1.165) is 16.5 Å². The standard InChI is InChI=1S/C11H13FN2/c12-6-5-10(13)9-7-14-11-4-2-1-3-8(9)11/h1-4,7,10,14H,5-6,13H2/t10-/m0/s1. The molecule has 0 unspecified atom stereocenters. The largest absolute Gasteiger partial charge is 0.361 e. The first-order valence-electron chi connectivity index (χ1n) is 4.70. The van der Waals surface area contributed by atoms with Gasteiger partial charge in [-0.25, -0.2) is 0 Å². The van der Waals surface area contributed by atoms with Crippen LogP contribution in [0.5, 0.6) is 0 Å². The molecule has 1 atom stereocenters. The van der Waals surface area contributed by atoms with Crippen LogP contribution in [0.15, 0.2) is 30.5 Å². The Bertz CT molecular complexity index is 422. The second kappa shape index (κ2) is 3.80. The van der Waals surface area contributed by atoms with Gasteiger partial charge in [-0.1, -0.05) is 18.2 Å². The minimum absolute atomic E-state index is 0.212. The van der Waals surface area contributed by atoms with Crippen molar-refractivity contribution in [2.45, 2.75) is 12.5 Å². The van der Waals surface area contributed by atoms with Gasteiger partial charge in [0.05, 0.1) is 6.67 Å². The molecule has 2 rings (SSSR count). The Hall–Kier alpha value is -1.35. The number of hydrogen-bond donors (Lipinski definition) is 2. The predicted molar refractivity (Wildman–Crippen MR) is 55.8 cm³/mol. The van der Waals surface area contributed by atoms with Crippen LogP contribution in [0.2, 0.25) is 0 Å². The number of para-hydroxylation sites is 1. The highest BCUT2D eigenvalue weighted by Crippen LogP contribution is 2.24. The molecule has 1 aromatic heterocycles. The van der Waals surface area contributed by atoms with Gasteiger partial charge in [-0.15, -0.1) is 0 Å². The van der Waals surface area contributed by atoms with Crippen molar-refractivity contribution in [1.29, 1.82) is 0 Å². The summed E-state index contributed by atoms with van der Waals surface area (Å²) in [5, 5.41) is 1.09. The molecule has 0 aliphatic carbocycles. The summed E-state index contributed by atoms with van der Waals surface area (Å²) < 4.78 is 12.1. The smallest absolute Gasteiger partial charge is 0.0912 e. The highest BCUT2D eigenvalue weighted by molar-refractivity contribution is 5.83. The quantitative estimate of drug-likeness (QED) is 0.770. The monoisotopic (exact) mass is 192 g/mol. The van der Waals surface area contributed by atoms with Crippen molar-refractivity contribution in [3.05, 3.63) is 36.0 Å². The lowest BCUT2D eigenvalue weighted by atomic mass is 10.0. The van der Waals surface area contributed by atoms with Crippen LogP contribution in [0.3, 0.4) is 0 Å². The Morgan fingerprint density at radius 1 is 1.36 bits per heavy atom. The maximum absolute atomic E-state index is 12.1. The molecule has 2 aromatic rings. The molecule has 0 amide bonds. The number of rotatable bonds is 3. The van der Waals surface area contributed by atoms with Gasteiger partial charge in [0, 0.05) is 23.1 Å². The lowest BCUT2D eigenvalue weighted by molar-refractivity contribution is 0.443. The van der Waals surface area contributed by atoms with Crippen molar-refractivity contribution in [3.8, 4) is 0 Å². The zero-order valence-corrected chi connectivity index (χ0v) is 7.83. The van der Waals surface area contributed by atoms with Crippen LogP contribution < -0.4 is 5.73 Å². The van der Waals surface area contributed by atoms with Crippen molar-refractivity contribution in [1.82, 2.24) is 4.98 Å². The molecule has 0 saturated heterocycles. The number of H-pyrrole nitrogens is 1. The third-order valence-corrected chi connectivity index (χ3v) is 2.44. The van der Waals surface area contributed by atoms with Gasteiger partial charge in [0.1, 0.15) is 0 Å². The third kappa shape index (κ3) is 1.51. The number of halogens is 1. The minimum atomic E-state index is -0.374. The predicted octanol–water partition coefficient (Wildman–Crippen LogP) is 2.53. The van der Waals surface area contributed by atoms with E-state index < -0.39 is 0 Å². The summed E-state index contributed by atoms with van der Waals surface area (Å²) in [6.07, 6.45) is 2.24. The maximum Gasteiger partial charge on any atom is 0.0912 e. The van der Waals surface area contributed by atoms with E-state index in [1.165, 1.54) is 0 Å². The Labute approximate surface area is 81.9 Å². The van der Waals surface area contributed by atoms with Crippen LogP contribution in [0.4, 0.5) is 4.39 Å². The summed E-state index contributed by atoms with van der Waals surface area (Å²) in [6.45, 7) is -0.374. The maximum atomic E-state index is 12.1. The molecule has 0 spiro atoms. The third-order valence-electron chi connectivity index (χ3n) is 2.44. The van der Waals surface area contributed by atoms with Gasteiger partial charge in [0.15, 0.2) is 0 Å². The van der Waals surface area contributed by atoms with E-state index >= 15 is 0 Å². The summed E-state index contributed by atoms with van der Waals surface area (Å²) in [4.78, 5) is 3.13. The van der Waals surface area contributed by atoms with Crippen molar-refractivity contribution >= 4 is 10.9 Å². The van der Waals surface area contributed by atoms with Crippen molar-refractivity contribution < 1.29 is 4.39 Å². The van der Waals surface area contributed by atoms with Crippen LogP contribution in [-0.2, 0) is 0 Å². The number of fused-ring (bicyclic) bond motifs is 1. The fraction of sp³-hybridized carbons (Fsp3) is 0.273. The Morgan fingerprint density at radius 2 is 2.14 bits per heavy atom. The van der Waals surface area contributed by atoms with Crippen molar-refractivity contribution in [2.75, 3.05) is 6.67 Å². The first-order chi connectivity index (χ1) is 6.83. The molecule has 0 fully saturated rings. The molecule has 0 saturated carbocycles. The van der Waals surface area contributed by atoms with Gasteiger partial charge in [-0.3, -0.25) is 4.39 Å². The molecule has 0 radical (unpaired) electrons. The molecule has 1 heterocycles. The van der Waals surface area contributed by atoms with Gasteiger partial charge in [-0.05, 0) is 18.1 Å². The number of hydrogen-bond acceptors (Lipinski definition) is 1. The van der Waals surface area contributed by atoms with E-state index in [9.17, 15) is 4.39 Å². The zero-order chi connectivity index (χ0) is 9.97. The van der Waals surface area contributed by atoms with Gasteiger partial charge in [0.2, 0.25) is 0 Å². The van der Waals surface area contributed by atoms with E-state index in [2.05, 4.69) is 4.98 Å². The lowest BCUT2D eigenvalue weighted by Crippen LogP contribution is -2.10. The zero-order valence-electron chi connectivity index (χ0n) is 7.83. The first-order valence-corrected chi connectivity index (χ1v) is 4.70. The molecular formula is C11H13FN2. The van der Waals surface area contributed by atoms with E-state index in [0.29, 0.717) is 6.42 Å². The molecule has 0 bridgehead atoms. The molecule has 1 aromatic carbocycles. The average molecular weight is 192 g/mol. The van der Waals surface area contributed by atoms with Gasteiger partial charge in [0.25, 0.3) is 0 Å². The number of nitrogens with one attached hydrogen (secondary N) is 1. The first kappa shape index (κ1) is 9.21. The van der Waals surface area contributed by atoms with Gasteiger partial charge in [-0.2, -0.15) is 0 Å². The number of aromatic amines is 1. The Balaban J connectivity index is 2.42. The van der Waals surface area contributed by atoms with Gasteiger partial charge < -0.3 is 10.7 Å². The molecule has 3 N–H and O–H groups in total. The summed E-state index contributed by atoms with van der Waals surface area (Å²) in [5.74, 6) is 0. The number of benzene rings is 1. The topological polar surface area (TPSA) is 41.8 Å². The van der Waals surface area contributed by atoms with Crippen LogP contribution in [0, 0.1) is 0 Å². The number of nitrogens with two attached hydrogens (primary N) is 1. The Morgan fingerprint density at radius 3 is 2.93 bits per heavy atom. The molecule has 14 heavy (non-hydrogen) atoms. The van der Waals surface area contributed by atoms with E-state index in [1.807, 2.05) is 30.5 Å². The van der Waals surface area contributed by atoms with Crippen LogP contribution in [-0.4, -0.2) is 11.7 Å².